The molecule has 1 aliphatic rings. The lowest BCUT2D eigenvalue weighted by atomic mass is 10.2. The van der Waals surface area contributed by atoms with Gasteiger partial charge in [-0.1, -0.05) is 6.07 Å². The molecule has 19 heavy (non-hydrogen) atoms. The van der Waals surface area contributed by atoms with Crippen LogP contribution >= 0.6 is 0 Å². The summed E-state index contributed by atoms with van der Waals surface area (Å²) < 4.78 is 4.90. The highest BCUT2D eigenvalue weighted by Gasteiger charge is 2.38. The van der Waals surface area contributed by atoms with Gasteiger partial charge < -0.3 is 10.1 Å². The number of nitrogens with one attached hydrogen (secondary N) is 1. The van der Waals surface area contributed by atoms with Gasteiger partial charge >= 0.3 is 6.03 Å². The molecule has 1 fully saturated rings. The van der Waals surface area contributed by atoms with E-state index in [1.54, 1.807) is 18.2 Å². The van der Waals surface area contributed by atoms with Gasteiger partial charge in [0.25, 0.3) is 5.91 Å². The minimum atomic E-state index is -0.571. The van der Waals surface area contributed by atoms with Gasteiger partial charge in [-0.3, -0.25) is 4.79 Å². The number of benzene rings is 1. The lowest BCUT2D eigenvalue weighted by molar-refractivity contribution is -0.118. The molecule has 0 bridgehead atoms. The summed E-state index contributed by atoms with van der Waals surface area (Å²) in [5.74, 6) is -0.322. The largest absolute Gasteiger partial charge is 0.385 e. The third-order valence-electron chi connectivity index (χ3n) is 2.86. The highest BCUT2D eigenvalue weighted by atomic mass is 16.5. The van der Waals surface area contributed by atoms with Crippen molar-refractivity contribution in [2.24, 2.45) is 0 Å². The number of amides is 3. The zero-order valence-corrected chi connectivity index (χ0v) is 10.4. The molecular weight excluding hydrogens is 246 g/mol. The number of ether oxygens (including phenoxy) is 1. The molecule has 1 saturated heterocycles. The molecule has 1 unspecified atom stereocenters. The fraction of sp³-hybridized carbons (Fsp3) is 0.308. The van der Waals surface area contributed by atoms with Crippen molar-refractivity contribution in [2.75, 3.05) is 18.6 Å². The summed E-state index contributed by atoms with van der Waals surface area (Å²) in [7, 11) is 1.54. The Kier molecular flexibility index (Phi) is 3.78. The van der Waals surface area contributed by atoms with Crippen molar-refractivity contribution in [3.05, 3.63) is 29.8 Å². The number of imide groups is 1. The van der Waals surface area contributed by atoms with E-state index in [1.165, 1.54) is 13.2 Å². The molecule has 1 heterocycles. The first kappa shape index (κ1) is 13.1. The fourth-order valence-electron chi connectivity index (χ4n) is 1.92. The molecule has 0 spiro atoms. The maximum absolute atomic E-state index is 12.1. The second-order valence-corrected chi connectivity index (χ2v) is 4.12. The fourth-order valence-corrected chi connectivity index (χ4v) is 1.92. The highest BCUT2D eigenvalue weighted by molar-refractivity contribution is 6.21. The molecule has 6 nitrogen and oxygen atoms in total. The van der Waals surface area contributed by atoms with E-state index in [-0.39, 0.29) is 5.91 Å². The van der Waals surface area contributed by atoms with Gasteiger partial charge in [-0.05, 0) is 18.2 Å². The average Bonchev–Trinajstić information content (AvgIpc) is 2.71. The molecule has 1 N–H and O–H groups in total. The number of nitriles is 1. The first-order chi connectivity index (χ1) is 9.17. The Hall–Kier alpha value is -2.39. The number of carbonyl (C=O) groups is 2. The van der Waals surface area contributed by atoms with Crippen LogP contribution in [0.3, 0.4) is 0 Å². The lowest BCUT2D eigenvalue weighted by Gasteiger charge is -2.13. The van der Waals surface area contributed by atoms with E-state index in [4.69, 9.17) is 10.00 Å². The number of hydrogen-bond donors (Lipinski definition) is 1. The second-order valence-electron chi connectivity index (χ2n) is 4.12. The van der Waals surface area contributed by atoms with Crippen LogP contribution in [0.4, 0.5) is 10.5 Å². The van der Waals surface area contributed by atoms with Crippen molar-refractivity contribution < 1.29 is 14.3 Å². The van der Waals surface area contributed by atoms with Crippen LogP contribution in [-0.2, 0) is 9.53 Å². The van der Waals surface area contributed by atoms with E-state index in [1.807, 2.05) is 6.07 Å². The standard InChI is InChI=1S/C13H13N3O3/c1-19-6-5-11-12(17)16(13(18)15-11)10-4-2-3-9(7-10)8-14/h2-4,7,11H,5-6H2,1H3,(H,15,18). The van der Waals surface area contributed by atoms with Crippen molar-refractivity contribution in [2.45, 2.75) is 12.5 Å². The zero-order valence-electron chi connectivity index (χ0n) is 10.4. The van der Waals surface area contributed by atoms with Gasteiger partial charge in [0.2, 0.25) is 0 Å². The van der Waals surface area contributed by atoms with Crippen LogP contribution in [0.5, 0.6) is 0 Å². The van der Waals surface area contributed by atoms with Gasteiger partial charge in [-0.15, -0.1) is 0 Å². The number of hydrogen-bond acceptors (Lipinski definition) is 4. The van der Waals surface area contributed by atoms with Crippen molar-refractivity contribution in [1.29, 1.82) is 5.26 Å². The molecule has 0 saturated carbocycles. The molecule has 98 valence electrons. The van der Waals surface area contributed by atoms with E-state index in [2.05, 4.69) is 5.32 Å². The van der Waals surface area contributed by atoms with Crippen LogP contribution in [0.15, 0.2) is 24.3 Å². The van der Waals surface area contributed by atoms with E-state index in [0.29, 0.717) is 24.3 Å². The molecule has 1 aliphatic heterocycles. The van der Waals surface area contributed by atoms with E-state index in [9.17, 15) is 9.59 Å². The van der Waals surface area contributed by atoms with Crippen molar-refractivity contribution in [1.82, 2.24) is 5.32 Å². The van der Waals surface area contributed by atoms with Gasteiger partial charge in [-0.2, -0.15) is 5.26 Å². The quantitative estimate of drug-likeness (QED) is 0.818. The van der Waals surface area contributed by atoms with Crippen molar-refractivity contribution in [3.8, 4) is 6.07 Å². The average molecular weight is 259 g/mol. The lowest BCUT2D eigenvalue weighted by Crippen LogP contribution is -2.31. The summed E-state index contributed by atoms with van der Waals surface area (Å²) in [6.07, 6.45) is 0.426. The molecule has 6 heteroatoms. The minimum Gasteiger partial charge on any atom is -0.385 e. The van der Waals surface area contributed by atoms with Crippen molar-refractivity contribution >= 4 is 17.6 Å². The molecule has 1 aromatic rings. The van der Waals surface area contributed by atoms with Gasteiger partial charge in [0.1, 0.15) is 6.04 Å². The Morgan fingerprint density at radius 3 is 2.95 bits per heavy atom. The maximum atomic E-state index is 12.1. The Labute approximate surface area is 110 Å². The van der Waals surface area contributed by atoms with Crippen LogP contribution in [0.2, 0.25) is 0 Å². The van der Waals surface area contributed by atoms with Gasteiger partial charge in [-0.25, -0.2) is 9.69 Å². The first-order valence-corrected chi connectivity index (χ1v) is 5.81. The second kappa shape index (κ2) is 5.50. The first-order valence-electron chi connectivity index (χ1n) is 5.81. The van der Waals surface area contributed by atoms with Gasteiger partial charge in [0.15, 0.2) is 0 Å². The number of methoxy groups -OCH3 is 1. The topological polar surface area (TPSA) is 82.4 Å². The normalized spacial score (nSPS) is 18.3. The Morgan fingerprint density at radius 1 is 1.47 bits per heavy atom. The third-order valence-corrected chi connectivity index (χ3v) is 2.86. The summed E-state index contributed by atoms with van der Waals surface area (Å²) >= 11 is 0. The van der Waals surface area contributed by atoms with Crippen LogP contribution in [0.1, 0.15) is 12.0 Å². The molecule has 0 aromatic heterocycles. The predicted molar refractivity (Wildman–Crippen MR) is 67.5 cm³/mol. The Bertz CT molecular complexity index is 550. The molecule has 3 amide bonds. The molecule has 2 rings (SSSR count). The van der Waals surface area contributed by atoms with E-state index in [0.717, 1.165) is 4.90 Å². The van der Waals surface area contributed by atoms with Crippen LogP contribution in [-0.4, -0.2) is 31.7 Å². The molecule has 0 aliphatic carbocycles. The highest BCUT2D eigenvalue weighted by Crippen LogP contribution is 2.21. The van der Waals surface area contributed by atoms with Crippen molar-refractivity contribution in [3.63, 3.8) is 0 Å². The Balaban J connectivity index is 2.22. The summed E-state index contributed by atoms with van der Waals surface area (Å²) in [4.78, 5) is 25.0. The summed E-state index contributed by atoms with van der Waals surface area (Å²) in [5.41, 5.74) is 0.805. The van der Waals surface area contributed by atoms with Crippen LogP contribution in [0.25, 0.3) is 0 Å². The van der Waals surface area contributed by atoms with Gasteiger partial charge in [0.05, 0.1) is 17.3 Å². The smallest absolute Gasteiger partial charge is 0.329 e. The van der Waals surface area contributed by atoms with Crippen LogP contribution < -0.4 is 10.2 Å². The van der Waals surface area contributed by atoms with E-state index >= 15 is 0 Å². The number of urea groups is 1. The maximum Gasteiger partial charge on any atom is 0.329 e. The van der Waals surface area contributed by atoms with E-state index < -0.39 is 12.1 Å². The predicted octanol–water partition coefficient (Wildman–Crippen LogP) is 1.02. The SMILES string of the molecule is COCCC1NC(=O)N(c2cccc(C#N)c2)C1=O. The van der Waals surface area contributed by atoms with Gasteiger partial charge in [0, 0.05) is 20.1 Å². The Morgan fingerprint density at radius 2 is 2.26 bits per heavy atom. The summed E-state index contributed by atoms with van der Waals surface area (Å²) in [6.45, 7) is 0.392. The number of nitrogens with zero attached hydrogens (tertiary/aromatic N) is 2. The third kappa shape index (κ3) is 2.56. The molecule has 0 radical (unpaired) electrons. The zero-order chi connectivity index (χ0) is 13.8. The molecule has 1 aromatic carbocycles. The van der Waals surface area contributed by atoms with Crippen LogP contribution in [0, 0.1) is 11.3 Å². The summed E-state index contributed by atoms with van der Waals surface area (Å²) in [5, 5.41) is 11.4. The summed E-state index contributed by atoms with van der Waals surface area (Å²) in [6, 6.07) is 7.32. The number of anilines is 1. The number of rotatable bonds is 4. The molecular formula is C13H13N3O3. The monoisotopic (exact) mass is 259 g/mol. The molecule has 1 atom stereocenters. The minimum absolute atomic E-state index is 0.322. The number of carbonyl (C=O) groups excluding carboxylic acids is 2.